The second-order valence-electron chi connectivity index (χ2n) is 4.34. The molecule has 0 radical (unpaired) electrons. The highest BCUT2D eigenvalue weighted by atomic mass is 16.4. The van der Waals surface area contributed by atoms with Crippen molar-refractivity contribution < 1.29 is 9.90 Å². The first-order valence-corrected chi connectivity index (χ1v) is 5.91. The molecule has 1 fully saturated rings. The van der Waals surface area contributed by atoms with Gasteiger partial charge in [-0.25, -0.2) is 0 Å². The van der Waals surface area contributed by atoms with Crippen molar-refractivity contribution in [3.05, 3.63) is 0 Å². The monoisotopic (exact) mass is 214 g/mol. The van der Waals surface area contributed by atoms with E-state index in [-0.39, 0.29) is 0 Å². The second kappa shape index (κ2) is 6.80. The number of rotatable bonds is 6. The first-order chi connectivity index (χ1) is 7.20. The van der Waals surface area contributed by atoms with Gasteiger partial charge in [-0.2, -0.15) is 0 Å². The van der Waals surface area contributed by atoms with Crippen LogP contribution in [0.3, 0.4) is 0 Å². The Hall–Kier alpha value is -0.610. The molecule has 0 amide bonds. The summed E-state index contributed by atoms with van der Waals surface area (Å²) in [5, 5.41) is 8.59. The SMILES string of the molecule is N[C@H](CCCCN1CCCCC1)C(=O)O. The summed E-state index contributed by atoms with van der Waals surface area (Å²) in [6, 6.07) is -0.675. The number of carboxylic acids is 1. The Labute approximate surface area is 91.4 Å². The van der Waals surface area contributed by atoms with Crippen molar-refractivity contribution in [1.29, 1.82) is 0 Å². The van der Waals surface area contributed by atoms with Gasteiger partial charge in [0.15, 0.2) is 0 Å². The summed E-state index contributed by atoms with van der Waals surface area (Å²) >= 11 is 0. The minimum atomic E-state index is -0.882. The Balaban J connectivity index is 1.98. The number of hydrogen-bond acceptors (Lipinski definition) is 3. The lowest BCUT2D eigenvalue weighted by Crippen LogP contribution is -2.32. The Bertz CT molecular complexity index is 191. The summed E-state index contributed by atoms with van der Waals surface area (Å²) in [6.45, 7) is 3.53. The molecule has 88 valence electrons. The van der Waals surface area contributed by atoms with E-state index in [1.54, 1.807) is 0 Å². The van der Waals surface area contributed by atoms with Crippen molar-refractivity contribution >= 4 is 5.97 Å². The van der Waals surface area contributed by atoms with E-state index in [9.17, 15) is 4.79 Å². The number of piperidine rings is 1. The standard InChI is InChI=1S/C11H22N2O2/c12-10(11(14)15)6-2-5-9-13-7-3-1-4-8-13/h10H,1-9,12H2,(H,14,15)/t10-/m1/s1. The van der Waals surface area contributed by atoms with E-state index >= 15 is 0 Å². The zero-order chi connectivity index (χ0) is 11.1. The topological polar surface area (TPSA) is 66.6 Å². The summed E-state index contributed by atoms with van der Waals surface area (Å²) in [7, 11) is 0. The molecule has 4 heteroatoms. The lowest BCUT2D eigenvalue weighted by Gasteiger charge is -2.26. The fraction of sp³-hybridized carbons (Fsp3) is 0.909. The third-order valence-electron chi connectivity index (χ3n) is 3.01. The van der Waals surface area contributed by atoms with Crippen LogP contribution >= 0.6 is 0 Å². The molecule has 4 nitrogen and oxygen atoms in total. The predicted molar refractivity (Wildman–Crippen MR) is 59.8 cm³/mol. The van der Waals surface area contributed by atoms with Crippen LogP contribution in [0.25, 0.3) is 0 Å². The van der Waals surface area contributed by atoms with E-state index in [0.717, 1.165) is 19.4 Å². The third kappa shape index (κ3) is 5.14. The molecule has 0 saturated carbocycles. The van der Waals surface area contributed by atoms with Crippen LogP contribution in [0, 0.1) is 0 Å². The number of carbonyl (C=O) groups is 1. The molecular formula is C11H22N2O2. The Morgan fingerprint density at radius 1 is 1.27 bits per heavy atom. The highest BCUT2D eigenvalue weighted by Gasteiger charge is 2.12. The quantitative estimate of drug-likeness (QED) is 0.649. The molecule has 0 aromatic heterocycles. The van der Waals surface area contributed by atoms with E-state index in [1.807, 2.05) is 0 Å². The van der Waals surface area contributed by atoms with Crippen molar-refractivity contribution in [2.45, 2.75) is 44.6 Å². The van der Waals surface area contributed by atoms with Gasteiger partial charge in [-0.05, 0) is 45.3 Å². The molecule has 1 heterocycles. The molecule has 1 atom stereocenters. The van der Waals surface area contributed by atoms with Crippen molar-refractivity contribution in [3.8, 4) is 0 Å². The van der Waals surface area contributed by atoms with Gasteiger partial charge in [-0.3, -0.25) is 4.79 Å². The Kier molecular flexibility index (Phi) is 5.65. The van der Waals surface area contributed by atoms with Crippen molar-refractivity contribution in [3.63, 3.8) is 0 Å². The molecule has 0 unspecified atom stereocenters. The van der Waals surface area contributed by atoms with Gasteiger partial charge >= 0.3 is 5.97 Å². The fourth-order valence-corrected chi connectivity index (χ4v) is 2.01. The smallest absolute Gasteiger partial charge is 0.320 e. The molecule has 1 rings (SSSR count). The van der Waals surface area contributed by atoms with Gasteiger partial charge in [-0.15, -0.1) is 0 Å². The molecule has 1 saturated heterocycles. The highest BCUT2D eigenvalue weighted by Crippen LogP contribution is 2.10. The molecule has 0 aromatic rings. The lowest BCUT2D eigenvalue weighted by atomic mass is 10.1. The zero-order valence-electron chi connectivity index (χ0n) is 9.32. The number of nitrogens with two attached hydrogens (primary N) is 1. The molecule has 0 spiro atoms. The molecule has 1 aliphatic rings. The van der Waals surface area contributed by atoms with E-state index in [4.69, 9.17) is 10.8 Å². The maximum atomic E-state index is 10.5. The number of unbranched alkanes of at least 4 members (excludes halogenated alkanes) is 1. The summed E-state index contributed by atoms with van der Waals surface area (Å²) in [5.41, 5.74) is 5.42. The van der Waals surface area contributed by atoms with Crippen LogP contribution in [0.2, 0.25) is 0 Å². The van der Waals surface area contributed by atoms with Crippen LogP contribution in [-0.2, 0) is 4.79 Å². The first-order valence-electron chi connectivity index (χ1n) is 5.91. The average molecular weight is 214 g/mol. The number of likely N-dealkylation sites (tertiary alicyclic amines) is 1. The number of hydrogen-bond donors (Lipinski definition) is 2. The normalized spacial score (nSPS) is 20.1. The largest absolute Gasteiger partial charge is 0.480 e. The second-order valence-corrected chi connectivity index (χ2v) is 4.34. The van der Waals surface area contributed by atoms with Gasteiger partial charge < -0.3 is 15.7 Å². The van der Waals surface area contributed by atoms with Crippen molar-refractivity contribution in [1.82, 2.24) is 4.90 Å². The predicted octanol–water partition coefficient (Wildman–Crippen LogP) is 1.05. The number of aliphatic carboxylic acids is 1. The van der Waals surface area contributed by atoms with Crippen LogP contribution < -0.4 is 5.73 Å². The van der Waals surface area contributed by atoms with Crippen LogP contribution in [-0.4, -0.2) is 41.7 Å². The van der Waals surface area contributed by atoms with Crippen LogP contribution in [0.5, 0.6) is 0 Å². The van der Waals surface area contributed by atoms with Crippen LogP contribution in [0.15, 0.2) is 0 Å². The van der Waals surface area contributed by atoms with Crippen LogP contribution in [0.4, 0.5) is 0 Å². The van der Waals surface area contributed by atoms with Crippen LogP contribution in [0.1, 0.15) is 38.5 Å². The van der Waals surface area contributed by atoms with E-state index in [2.05, 4.69) is 4.90 Å². The minimum Gasteiger partial charge on any atom is -0.480 e. The molecule has 0 aliphatic carbocycles. The van der Waals surface area contributed by atoms with Gasteiger partial charge in [-0.1, -0.05) is 12.8 Å². The zero-order valence-corrected chi connectivity index (χ0v) is 9.32. The summed E-state index contributed by atoms with van der Waals surface area (Å²) in [4.78, 5) is 12.9. The van der Waals surface area contributed by atoms with E-state index < -0.39 is 12.0 Å². The van der Waals surface area contributed by atoms with Crippen molar-refractivity contribution in [2.24, 2.45) is 5.73 Å². The van der Waals surface area contributed by atoms with Gasteiger partial charge in [0, 0.05) is 0 Å². The maximum absolute atomic E-state index is 10.5. The number of carboxylic acid groups (broad SMARTS) is 1. The first kappa shape index (κ1) is 12.5. The highest BCUT2D eigenvalue weighted by molar-refractivity contribution is 5.72. The molecule has 1 aliphatic heterocycles. The molecule has 0 aromatic carbocycles. The average Bonchev–Trinajstić information content (AvgIpc) is 2.25. The summed E-state index contributed by atoms with van der Waals surface area (Å²) in [6.07, 6.45) is 6.58. The van der Waals surface area contributed by atoms with Gasteiger partial charge in [0.25, 0.3) is 0 Å². The Morgan fingerprint density at radius 3 is 2.53 bits per heavy atom. The maximum Gasteiger partial charge on any atom is 0.320 e. The van der Waals surface area contributed by atoms with Gasteiger partial charge in [0.1, 0.15) is 6.04 Å². The fourth-order valence-electron chi connectivity index (χ4n) is 2.01. The van der Waals surface area contributed by atoms with Gasteiger partial charge in [0.05, 0.1) is 0 Å². The molecule has 3 N–H and O–H groups in total. The Morgan fingerprint density at radius 2 is 1.93 bits per heavy atom. The molecular weight excluding hydrogens is 192 g/mol. The summed E-state index contributed by atoms with van der Waals surface area (Å²) < 4.78 is 0. The molecule has 15 heavy (non-hydrogen) atoms. The van der Waals surface area contributed by atoms with Gasteiger partial charge in [0.2, 0.25) is 0 Å². The lowest BCUT2D eigenvalue weighted by molar-refractivity contribution is -0.138. The van der Waals surface area contributed by atoms with E-state index in [0.29, 0.717) is 6.42 Å². The minimum absolute atomic E-state index is 0.600. The number of nitrogens with zero attached hydrogens (tertiary/aromatic N) is 1. The molecule has 0 bridgehead atoms. The van der Waals surface area contributed by atoms with Crippen molar-refractivity contribution in [2.75, 3.05) is 19.6 Å². The third-order valence-corrected chi connectivity index (χ3v) is 3.01. The van der Waals surface area contributed by atoms with E-state index in [1.165, 1.54) is 32.4 Å². The summed E-state index contributed by atoms with van der Waals surface area (Å²) in [5.74, 6) is -0.882.